The van der Waals surface area contributed by atoms with Crippen LogP contribution in [0.25, 0.3) is 21.6 Å². The van der Waals surface area contributed by atoms with E-state index in [-0.39, 0.29) is 17.8 Å². The van der Waals surface area contributed by atoms with E-state index in [2.05, 4.69) is 10.1 Å². The van der Waals surface area contributed by atoms with Crippen LogP contribution in [0.2, 0.25) is 0 Å². The van der Waals surface area contributed by atoms with Gasteiger partial charge in [-0.05, 0) is 19.1 Å². The first kappa shape index (κ1) is 23.5. The van der Waals surface area contributed by atoms with Gasteiger partial charge in [0.25, 0.3) is 0 Å². The number of halogens is 2. The van der Waals surface area contributed by atoms with Gasteiger partial charge in [0, 0.05) is 51.1 Å². The molecule has 1 saturated heterocycles. The predicted molar refractivity (Wildman–Crippen MR) is 130 cm³/mol. The fourth-order valence-corrected chi connectivity index (χ4v) is 4.98. The monoisotopic (exact) mass is 501 g/mol. The van der Waals surface area contributed by atoms with E-state index >= 15 is 0 Å². The van der Waals surface area contributed by atoms with Gasteiger partial charge in [-0.25, -0.2) is 18.4 Å². The van der Waals surface area contributed by atoms with Crippen molar-refractivity contribution in [2.75, 3.05) is 44.1 Å². The number of benzene rings is 1. The number of ether oxygens (including phenoxy) is 2. The Labute approximate surface area is 204 Å². The van der Waals surface area contributed by atoms with Gasteiger partial charge in [-0.2, -0.15) is 15.1 Å². The van der Waals surface area contributed by atoms with Gasteiger partial charge in [0.05, 0.1) is 24.5 Å². The van der Waals surface area contributed by atoms with Crippen molar-refractivity contribution in [3.8, 4) is 11.3 Å². The zero-order chi connectivity index (χ0) is 24.7. The van der Waals surface area contributed by atoms with E-state index < -0.39 is 11.6 Å². The molecule has 1 aliphatic heterocycles. The maximum atomic E-state index is 14.8. The lowest BCUT2D eigenvalue weighted by Crippen LogP contribution is -2.43. The summed E-state index contributed by atoms with van der Waals surface area (Å²) in [5.41, 5.74) is 1.96. The molecule has 4 aromatic rings. The number of rotatable bonds is 6. The van der Waals surface area contributed by atoms with Crippen LogP contribution < -0.4 is 9.80 Å². The molecular weight excluding hydrogens is 476 g/mol. The third-order valence-electron chi connectivity index (χ3n) is 5.63. The summed E-state index contributed by atoms with van der Waals surface area (Å²) in [5, 5.41) is 5.03. The number of hydrogen-bond donors (Lipinski definition) is 0. The van der Waals surface area contributed by atoms with E-state index in [0.29, 0.717) is 46.9 Å². The highest BCUT2D eigenvalue weighted by atomic mass is 32.1. The van der Waals surface area contributed by atoms with Crippen LogP contribution in [-0.4, -0.2) is 65.1 Å². The second kappa shape index (κ2) is 9.44. The van der Waals surface area contributed by atoms with Crippen LogP contribution in [0, 0.1) is 11.6 Å². The van der Waals surface area contributed by atoms with E-state index in [1.807, 2.05) is 37.0 Å². The molecule has 0 N–H and O–H groups in total. The van der Waals surface area contributed by atoms with Crippen molar-refractivity contribution in [1.82, 2.24) is 24.7 Å². The average Bonchev–Trinajstić information content (AvgIpc) is 3.46. The second-order valence-electron chi connectivity index (χ2n) is 8.61. The molecule has 0 bridgehead atoms. The number of thiazole rings is 1. The molecule has 0 radical (unpaired) electrons. The van der Waals surface area contributed by atoms with E-state index in [4.69, 9.17) is 19.4 Å². The molecule has 1 fully saturated rings. The highest BCUT2D eigenvalue weighted by Gasteiger charge is 2.30. The first-order chi connectivity index (χ1) is 16.8. The van der Waals surface area contributed by atoms with Gasteiger partial charge in [0.15, 0.2) is 10.8 Å². The Bertz CT molecular complexity index is 1360. The zero-order valence-electron chi connectivity index (χ0n) is 19.8. The summed E-state index contributed by atoms with van der Waals surface area (Å²) in [5.74, 6) is -0.917. The zero-order valence-corrected chi connectivity index (χ0v) is 20.6. The highest BCUT2D eigenvalue weighted by Crippen LogP contribution is 2.37. The number of fused-ring (bicyclic) bond motifs is 1. The SMILES string of the molecule is COCn1cc([C@@H]2CN(c3nc(-c4ccc(F)cc4F)c4sc(N(C)C)nc4n3)C[C@@H](C)O2)cn1. The van der Waals surface area contributed by atoms with Gasteiger partial charge in [-0.15, -0.1) is 0 Å². The Hall–Kier alpha value is -3.22. The second-order valence-corrected chi connectivity index (χ2v) is 9.59. The van der Waals surface area contributed by atoms with Crippen LogP contribution >= 0.6 is 11.3 Å². The molecule has 3 aromatic heterocycles. The van der Waals surface area contributed by atoms with Crippen molar-refractivity contribution < 1.29 is 18.3 Å². The minimum Gasteiger partial charge on any atom is -0.367 e. The van der Waals surface area contributed by atoms with Gasteiger partial charge >= 0.3 is 0 Å². The number of aromatic nitrogens is 5. The molecule has 4 heterocycles. The molecule has 2 atom stereocenters. The summed E-state index contributed by atoms with van der Waals surface area (Å²) in [6.07, 6.45) is 3.27. The van der Waals surface area contributed by atoms with Crippen molar-refractivity contribution in [2.45, 2.75) is 25.9 Å². The number of anilines is 2. The molecule has 12 heteroatoms. The molecule has 0 aliphatic carbocycles. The summed E-state index contributed by atoms with van der Waals surface area (Å²) >= 11 is 1.36. The van der Waals surface area contributed by atoms with Gasteiger partial charge in [0.1, 0.15) is 29.2 Å². The third-order valence-corrected chi connectivity index (χ3v) is 6.85. The molecule has 9 nitrogen and oxygen atoms in total. The lowest BCUT2D eigenvalue weighted by Gasteiger charge is -2.36. The van der Waals surface area contributed by atoms with Crippen molar-refractivity contribution >= 4 is 32.8 Å². The molecule has 0 amide bonds. The molecule has 0 spiro atoms. The Morgan fingerprint density at radius 1 is 1.20 bits per heavy atom. The fourth-order valence-electron chi connectivity index (χ4n) is 4.05. The van der Waals surface area contributed by atoms with Crippen molar-refractivity contribution in [2.24, 2.45) is 0 Å². The molecule has 184 valence electrons. The van der Waals surface area contributed by atoms with Crippen molar-refractivity contribution in [3.05, 3.63) is 47.8 Å². The van der Waals surface area contributed by atoms with Crippen LogP contribution in [0.3, 0.4) is 0 Å². The van der Waals surface area contributed by atoms with Crippen molar-refractivity contribution in [1.29, 1.82) is 0 Å². The third kappa shape index (κ3) is 4.68. The standard InChI is InChI=1S/C23H25F2N7O2S/c1-13-9-31(11-18(34-13)14-8-26-32(10-14)12-33-4)22-27-19(16-6-5-15(24)7-17(16)25)20-21(28-22)29-23(35-20)30(2)3/h5-8,10,13,18H,9,11-12H2,1-4H3/t13-,18+/m1/s1. The normalized spacial score (nSPS) is 18.4. The van der Waals surface area contributed by atoms with Gasteiger partial charge in [0.2, 0.25) is 5.95 Å². The Morgan fingerprint density at radius 3 is 2.77 bits per heavy atom. The topological polar surface area (TPSA) is 81.4 Å². The largest absolute Gasteiger partial charge is 0.367 e. The molecule has 5 rings (SSSR count). The minimum absolute atomic E-state index is 0.113. The van der Waals surface area contributed by atoms with Gasteiger partial charge in [-0.1, -0.05) is 11.3 Å². The summed E-state index contributed by atoms with van der Waals surface area (Å²) in [6, 6.07) is 3.49. The van der Waals surface area contributed by atoms with Crippen LogP contribution in [0.5, 0.6) is 0 Å². The quantitative estimate of drug-likeness (QED) is 0.394. The Balaban J connectivity index is 1.57. The summed E-state index contributed by atoms with van der Waals surface area (Å²) in [7, 11) is 5.36. The fraction of sp³-hybridized carbons (Fsp3) is 0.391. The first-order valence-electron chi connectivity index (χ1n) is 11.1. The Kier molecular flexibility index (Phi) is 6.34. The van der Waals surface area contributed by atoms with E-state index in [9.17, 15) is 8.78 Å². The average molecular weight is 502 g/mol. The number of methoxy groups -OCH3 is 1. The predicted octanol–water partition coefficient (Wildman–Crippen LogP) is 3.86. The van der Waals surface area contributed by atoms with Gasteiger partial charge in [-0.3, -0.25) is 0 Å². The van der Waals surface area contributed by atoms with E-state index in [1.165, 1.54) is 23.5 Å². The van der Waals surface area contributed by atoms with E-state index in [1.54, 1.807) is 18.0 Å². The molecule has 1 aromatic carbocycles. The Morgan fingerprint density at radius 2 is 2.03 bits per heavy atom. The maximum Gasteiger partial charge on any atom is 0.228 e. The maximum absolute atomic E-state index is 14.8. The summed E-state index contributed by atoms with van der Waals surface area (Å²) in [4.78, 5) is 18.0. The lowest BCUT2D eigenvalue weighted by molar-refractivity contribution is -0.0179. The molecule has 35 heavy (non-hydrogen) atoms. The highest BCUT2D eigenvalue weighted by molar-refractivity contribution is 7.22. The summed E-state index contributed by atoms with van der Waals surface area (Å²) in [6.45, 7) is 3.34. The lowest BCUT2D eigenvalue weighted by atomic mass is 10.1. The summed E-state index contributed by atoms with van der Waals surface area (Å²) < 4.78 is 42.1. The van der Waals surface area contributed by atoms with Crippen LogP contribution in [0.1, 0.15) is 18.6 Å². The van der Waals surface area contributed by atoms with Crippen LogP contribution in [0.15, 0.2) is 30.6 Å². The van der Waals surface area contributed by atoms with Gasteiger partial charge < -0.3 is 19.3 Å². The van der Waals surface area contributed by atoms with Crippen LogP contribution in [0.4, 0.5) is 19.9 Å². The first-order valence-corrected chi connectivity index (χ1v) is 11.9. The number of morpholine rings is 1. The van der Waals surface area contributed by atoms with Crippen molar-refractivity contribution in [3.63, 3.8) is 0 Å². The minimum atomic E-state index is -0.686. The van der Waals surface area contributed by atoms with Crippen LogP contribution in [-0.2, 0) is 16.2 Å². The smallest absolute Gasteiger partial charge is 0.228 e. The number of hydrogen-bond acceptors (Lipinski definition) is 9. The number of nitrogens with zero attached hydrogens (tertiary/aromatic N) is 7. The molecule has 0 unspecified atom stereocenters. The van der Waals surface area contributed by atoms with E-state index in [0.717, 1.165) is 11.6 Å². The molecular formula is C23H25F2N7O2S. The molecule has 0 saturated carbocycles. The molecule has 1 aliphatic rings.